The summed E-state index contributed by atoms with van der Waals surface area (Å²) in [7, 11) is 0. The van der Waals surface area contributed by atoms with Gasteiger partial charge in [-0.1, -0.05) is 84.9 Å². The Kier molecular flexibility index (Phi) is 7.88. The van der Waals surface area contributed by atoms with Gasteiger partial charge in [0.05, 0.1) is 28.0 Å². The maximum Gasteiger partial charge on any atom is 0.246 e. The molecule has 3 amide bonds. The minimum Gasteiger partial charge on any atom is -0.359 e. The summed E-state index contributed by atoms with van der Waals surface area (Å²) in [6.07, 6.45) is 9.73. The van der Waals surface area contributed by atoms with Crippen LogP contribution in [0.2, 0.25) is 10.0 Å². The zero-order valence-corrected chi connectivity index (χ0v) is 24.5. The Labute approximate surface area is 250 Å². The molecule has 3 aliphatic heterocycles. The first-order valence-electron chi connectivity index (χ1n) is 14.6. The van der Waals surface area contributed by atoms with Crippen LogP contribution >= 0.6 is 23.2 Å². The van der Waals surface area contributed by atoms with Crippen LogP contribution in [0, 0.1) is 11.8 Å². The molecule has 1 saturated carbocycles. The number of benzene rings is 2. The van der Waals surface area contributed by atoms with E-state index < -0.39 is 29.6 Å². The number of carbonyl (C=O) groups is 3. The predicted molar refractivity (Wildman–Crippen MR) is 159 cm³/mol. The molecule has 0 unspecified atom stereocenters. The SMILES string of the molecule is C[C@H](CCc1ccccc1)N1C(=O)[C@@H]2[C@H](C(=O)Nc3ccc(Cl)c(Cl)c3)[C@@H]3C=C[C@@]2(O3)[C@H]1C(=O)NC1CCCCC1. The van der Waals surface area contributed by atoms with Crippen molar-refractivity contribution < 1.29 is 19.1 Å². The second kappa shape index (κ2) is 11.4. The number of aryl methyl sites for hydroxylation is 1. The van der Waals surface area contributed by atoms with E-state index in [0.29, 0.717) is 22.2 Å². The molecule has 2 bridgehead atoms. The van der Waals surface area contributed by atoms with Crippen molar-refractivity contribution in [1.29, 1.82) is 0 Å². The molecular weight excluding hydrogens is 561 g/mol. The van der Waals surface area contributed by atoms with Crippen LogP contribution < -0.4 is 10.6 Å². The lowest BCUT2D eigenvalue weighted by Crippen LogP contribution is -2.58. The van der Waals surface area contributed by atoms with Gasteiger partial charge in [0.1, 0.15) is 11.6 Å². The molecule has 1 spiro atoms. The summed E-state index contributed by atoms with van der Waals surface area (Å²) >= 11 is 12.2. The number of halogens is 2. The summed E-state index contributed by atoms with van der Waals surface area (Å²) < 4.78 is 6.49. The summed E-state index contributed by atoms with van der Waals surface area (Å²) in [6, 6.07) is 14.0. The lowest BCUT2D eigenvalue weighted by Gasteiger charge is -2.36. The van der Waals surface area contributed by atoms with Crippen LogP contribution in [0.5, 0.6) is 0 Å². The van der Waals surface area contributed by atoms with Gasteiger partial charge in [0.25, 0.3) is 0 Å². The average Bonchev–Trinajstić information content (AvgIpc) is 3.62. The molecule has 3 fully saturated rings. The Hall–Kier alpha value is -2.87. The van der Waals surface area contributed by atoms with E-state index in [9.17, 15) is 14.4 Å². The zero-order chi connectivity index (χ0) is 28.7. The van der Waals surface area contributed by atoms with Crippen molar-refractivity contribution >= 4 is 46.6 Å². The molecule has 4 aliphatic rings. The lowest BCUT2D eigenvalue weighted by atomic mass is 9.74. The zero-order valence-electron chi connectivity index (χ0n) is 23.0. The van der Waals surface area contributed by atoms with Crippen LogP contribution in [-0.2, 0) is 25.5 Å². The maximum absolute atomic E-state index is 14.3. The van der Waals surface area contributed by atoms with Gasteiger partial charge in [-0.25, -0.2) is 0 Å². The van der Waals surface area contributed by atoms with Crippen molar-refractivity contribution in [2.75, 3.05) is 5.32 Å². The Balaban J connectivity index is 1.29. The van der Waals surface area contributed by atoms with Gasteiger partial charge >= 0.3 is 0 Å². The first kappa shape index (κ1) is 28.3. The topological polar surface area (TPSA) is 87.7 Å². The van der Waals surface area contributed by atoms with Crippen molar-refractivity contribution in [2.24, 2.45) is 11.8 Å². The van der Waals surface area contributed by atoms with Gasteiger partial charge in [0.15, 0.2) is 0 Å². The Bertz CT molecular complexity index is 1360. The second-order valence-electron chi connectivity index (χ2n) is 11.8. The molecule has 2 aromatic rings. The van der Waals surface area contributed by atoms with Crippen molar-refractivity contribution in [2.45, 2.75) is 81.7 Å². The summed E-state index contributed by atoms with van der Waals surface area (Å²) in [6.45, 7) is 1.99. The number of likely N-dealkylation sites (tertiary alicyclic amines) is 1. The molecule has 216 valence electrons. The summed E-state index contributed by atoms with van der Waals surface area (Å²) in [5.74, 6) is -2.34. The fourth-order valence-corrected chi connectivity index (χ4v) is 7.46. The number of rotatable bonds is 8. The molecule has 0 aromatic heterocycles. The molecule has 7 nitrogen and oxygen atoms in total. The smallest absolute Gasteiger partial charge is 0.246 e. The minimum atomic E-state index is -1.19. The molecule has 9 heteroatoms. The van der Waals surface area contributed by atoms with E-state index in [1.165, 1.54) is 12.0 Å². The van der Waals surface area contributed by atoms with E-state index in [1.807, 2.05) is 37.3 Å². The Morgan fingerprint density at radius 1 is 1.05 bits per heavy atom. The van der Waals surface area contributed by atoms with Crippen LogP contribution in [0.15, 0.2) is 60.7 Å². The molecule has 6 rings (SSSR count). The molecule has 3 heterocycles. The van der Waals surface area contributed by atoms with Crippen molar-refractivity contribution in [3.8, 4) is 0 Å². The maximum atomic E-state index is 14.3. The van der Waals surface area contributed by atoms with E-state index in [4.69, 9.17) is 27.9 Å². The van der Waals surface area contributed by atoms with Crippen LogP contribution in [0.25, 0.3) is 0 Å². The number of fused-ring (bicyclic) bond motifs is 1. The fourth-order valence-electron chi connectivity index (χ4n) is 7.17. The van der Waals surface area contributed by atoms with E-state index in [2.05, 4.69) is 22.8 Å². The van der Waals surface area contributed by atoms with Crippen LogP contribution in [0.1, 0.15) is 51.0 Å². The summed E-state index contributed by atoms with van der Waals surface area (Å²) in [4.78, 5) is 43.8. The Morgan fingerprint density at radius 2 is 1.80 bits per heavy atom. The fraction of sp³-hybridized carbons (Fsp3) is 0.469. The summed E-state index contributed by atoms with van der Waals surface area (Å²) in [5, 5.41) is 6.85. The molecule has 2 N–H and O–H groups in total. The molecule has 41 heavy (non-hydrogen) atoms. The number of anilines is 1. The number of nitrogens with one attached hydrogen (secondary N) is 2. The third kappa shape index (κ3) is 5.17. The standard InChI is InChI=1S/C32H35Cl2N3O4/c1-19(12-13-20-8-4-2-5-9-20)37-28(30(39)35-21-10-6-3-7-11-21)32-17-16-25(41-32)26(27(32)31(37)40)29(38)36-22-14-15-23(33)24(34)18-22/h2,4-5,8-9,14-19,21,25-28H,3,6-7,10-13H2,1H3,(H,35,39)(H,36,38)/t19-,25+,26-,27+,28-,32+/m1/s1. The number of nitrogens with zero attached hydrogens (tertiary/aromatic N) is 1. The Morgan fingerprint density at radius 3 is 2.54 bits per heavy atom. The highest BCUT2D eigenvalue weighted by atomic mass is 35.5. The van der Waals surface area contributed by atoms with Crippen LogP contribution in [0.4, 0.5) is 5.69 Å². The monoisotopic (exact) mass is 595 g/mol. The molecular formula is C32H35Cl2N3O4. The largest absolute Gasteiger partial charge is 0.359 e. The van der Waals surface area contributed by atoms with Gasteiger partial charge in [-0.05, 0) is 56.4 Å². The highest BCUT2D eigenvalue weighted by Crippen LogP contribution is 2.56. The number of amides is 3. The van der Waals surface area contributed by atoms with Gasteiger partial charge < -0.3 is 20.3 Å². The van der Waals surface area contributed by atoms with Gasteiger partial charge in [-0.15, -0.1) is 0 Å². The second-order valence-corrected chi connectivity index (χ2v) is 12.6. The average molecular weight is 597 g/mol. The number of hydrogen-bond donors (Lipinski definition) is 2. The third-order valence-electron chi connectivity index (χ3n) is 9.17. The van der Waals surface area contributed by atoms with Gasteiger partial charge in [-0.2, -0.15) is 0 Å². The highest BCUT2D eigenvalue weighted by Gasteiger charge is 2.73. The van der Waals surface area contributed by atoms with Crippen molar-refractivity contribution in [3.63, 3.8) is 0 Å². The number of ether oxygens (including phenoxy) is 1. The van der Waals surface area contributed by atoms with Gasteiger partial charge in [0, 0.05) is 17.8 Å². The third-order valence-corrected chi connectivity index (χ3v) is 9.91. The number of carbonyl (C=O) groups excluding carboxylic acids is 3. The molecule has 2 saturated heterocycles. The lowest BCUT2D eigenvalue weighted by molar-refractivity contribution is -0.143. The first-order valence-corrected chi connectivity index (χ1v) is 15.3. The minimum absolute atomic E-state index is 0.0830. The van der Waals surface area contributed by atoms with Crippen LogP contribution in [-0.4, -0.2) is 52.5 Å². The normalized spacial score (nSPS) is 29.4. The first-order chi connectivity index (χ1) is 19.8. The molecule has 1 aliphatic carbocycles. The van der Waals surface area contributed by atoms with Gasteiger partial charge in [-0.3, -0.25) is 14.4 Å². The predicted octanol–water partition coefficient (Wildman–Crippen LogP) is 5.55. The van der Waals surface area contributed by atoms with Crippen molar-refractivity contribution in [3.05, 3.63) is 76.3 Å². The molecule has 6 atom stereocenters. The number of hydrogen-bond acceptors (Lipinski definition) is 4. The summed E-state index contributed by atoms with van der Waals surface area (Å²) in [5.41, 5.74) is 0.458. The van der Waals surface area contributed by atoms with E-state index in [-0.39, 0.29) is 29.8 Å². The quantitative estimate of drug-likeness (QED) is 0.391. The van der Waals surface area contributed by atoms with Crippen molar-refractivity contribution in [1.82, 2.24) is 10.2 Å². The highest BCUT2D eigenvalue weighted by molar-refractivity contribution is 6.42. The van der Waals surface area contributed by atoms with E-state index in [1.54, 1.807) is 23.1 Å². The van der Waals surface area contributed by atoms with Crippen LogP contribution in [0.3, 0.4) is 0 Å². The molecule has 2 aromatic carbocycles. The van der Waals surface area contributed by atoms with Gasteiger partial charge in [0.2, 0.25) is 17.7 Å². The van der Waals surface area contributed by atoms with E-state index in [0.717, 1.165) is 32.1 Å². The van der Waals surface area contributed by atoms with E-state index >= 15 is 0 Å². The molecule has 0 radical (unpaired) electrons.